The second-order valence-electron chi connectivity index (χ2n) is 14.9. The molecule has 5 atom stereocenters. The van der Waals surface area contributed by atoms with Crippen LogP contribution in [0.3, 0.4) is 0 Å². The fourth-order valence-electron chi connectivity index (χ4n) is 7.37. The number of β-amino-alcohol motifs (C(OH)–C–C–N with tert-alkyl or cyclic N) is 1. The highest BCUT2D eigenvalue weighted by molar-refractivity contribution is 5.82. The van der Waals surface area contributed by atoms with Crippen molar-refractivity contribution in [1.82, 2.24) is 30.4 Å². The fraction of sp³-hybridized carbons (Fsp3) is 0.463. The summed E-state index contributed by atoms with van der Waals surface area (Å²) in [5.74, 6) is -0.113. The van der Waals surface area contributed by atoms with Crippen LogP contribution < -0.4 is 20.1 Å². The lowest BCUT2D eigenvalue weighted by atomic mass is 9.90. The van der Waals surface area contributed by atoms with E-state index >= 15 is 0 Å². The number of benzene rings is 2. The molecule has 6 rings (SSSR count). The molecule has 2 aliphatic heterocycles. The number of aliphatic hydroxyl groups is 2. The second kappa shape index (κ2) is 18.1. The number of nitrogens with zero attached hydrogens (tertiary/aromatic N) is 4. The topological polar surface area (TPSA) is 163 Å². The number of aliphatic hydroxyl groups excluding tert-OH is 2. The molecule has 0 spiro atoms. The highest BCUT2D eigenvalue weighted by Gasteiger charge is 2.43. The number of amides is 2. The van der Waals surface area contributed by atoms with Crippen LogP contribution in [0.1, 0.15) is 50.3 Å². The van der Waals surface area contributed by atoms with E-state index < -0.39 is 60.3 Å². The van der Waals surface area contributed by atoms with E-state index in [9.17, 15) is 33.0 Å². The maximum Gasteiger partial charge on any atom is 0.405 e. The van der Waals surface area contributed by atoms with Crippen LogP contribution in [0.5, 0.6) is 11.5 Å². The average molecular weight is 795 g/mol. The van der Waals surface area contributed by atoms with Crippen molar-refractivity contribution < 1.29 is 46.9 Å². The van der Waals surface area contributed by atoms with Crippen LogP contribution in [0.25, 0.3) is 11.3 Å². The Morgan fingerprint density at radius 3 is 2.56 bits per heavy atom. The number of halogens is 3. The number of fused-ring (bicyclic) bond motifs is 1. The van der Waals surface area contributed by atoms with Gasteiger partial charge in [0.2, 0.25) is 17.7 Å². The molecule has 4 N–H and O–H groups in total. The number of carbonyl (C=O) groups is 2. The van der Waals surface area contributed by atoms with Crippen molar-refractivity contribution in [3.63, 3.8) is 0 Å². The maximum atomic E-state index is 14.0. The zero-order valence-electron chi connectivity index (χ0n) is 32.1. The van der Waals surface area contributed by atoms with Crippen molar-refractivity contribution in [3.05, 3.63) is 96.3 Å². The Labute approximate surface area is 329 Å². The predicted molar refractivity (Wildman–Crippen MR) is 203 cm³/mol. The van der Waals surface area contributed by atoms with Crippen LogP contribution in [-0.4, -0.2) is 112 Å². The Kier molecular flexibility index (Phi) is 13.2. The van der Waals surface area contributed by atoms with E-state index in [1.165, 1.54) is 0 Å². The van der Waals surface area contributed by atoms with E-state index in [0.717, 1.165) is 5.56 Å². The molecule has 0 unspecified atom stereocenters. The molecule has 0 radical (unpaired) electrons. The molecule has 2 aromatic heterocycles. The van der Waals surface area contributed by atoms with E-state index in [4.69, 9.17) is 13.9 Å². The van der Waals surface area contributed by atoms with Crippen molar-refractivity contribution >= 4 is 11.8 Å². The number of rotatable bonds is 15. The number of alkyl halides is 3. The fourth-order valence-corrected chi connectivity index (χ4v) is 7.37. The second-order valence-corrected chi connectivity index (χ2v) is 14.9. The lowest BCUT2D eigenvalue weighted by Crippen LogP contribution is -2.63. The van der Waals surface area contributed by atoms with Gasteiger partial charge in [0, 0.05) is 49.4 Å². The first-order chi connectivity index (χ1) is 27.2. The van der Waals surface area contributed by atoms with E-state index in [1.54, 1.807) is 53.8 Å². The van der Waals surface area contributed by atoms with Gasteiger partial charge < -0.3 is 34.7 Å². The number of hydrogen-bond donors (Lipinski definition) is 4. The number of pyridine rings is 1. The van der Waals surface area contributed by atoms with Crippen molar-refractivity contribution in [1.29, 1.82) is 0 Å². The standard InChI is InChI=1S/C41H49F3N6O7/c1-4-55-30-18-28(19-45-20-30)35-21-46-39(57-35)40(2,3)50-15-14-49(32(23-50)38(54)47-25-41(42,43)44)22-29(51)17-27(16-26-10-6-5-7-11-26)37(53)48-36-31-12-8-9-13-34(31)56-24-33(36)52/h5-13,18-21,27,29,32-33,36,51-52H,4,14-17,22-25H2,1-3H3,(H,47,54)(H,48,53)/t27-,29+,32+,33-,36+/m1/s1. The summed E-state index contributed by atoms with van der Waals surface area (Å²) in [6, 6.07) is 16.4. The van der Waals surface area contributed by atoms with Crippen LogP contribution >= 0.6 is 0 Å². The molecule has 2 aliphatic rings. The number of para-hydroxylation sites is 1. The third-order valence-corrected chi connectivity index (χ3v) is 10.4. The summed E-state index contributed by atoms with van der Waals surface area (Å²) in [5.41, 5.74) is 1.23. The Morgan fingerprint density at radius 1 is 1.05 bits per heavy atom. The van der Waals surface area contributed by atoms with Crippen LogP contribution in [0.4, 0.5) is 13.2 Å². The largest absolute Gasteiger partial charge is 0.492 e. The first-order valence-corrected chi connectivity index (χ1v) is 19.0. The van der Waals surface area contributed by atoms with Crippen LogP contribution in [-0.2, 0) is 21.5 Å². The zero-order chi connectivity index (χ0) is 40.7. The quantitative estimate of drug-likeness (QED) is 0.136. The summed E-state index contributed by atoms with van der Waals surface area (Å²) >= 11 is 0. The molecule has 0 aliphatic carbocycles. The minimum absolute atomic E-state index is 0.00250. The van der Waals surface area contributed by atoms with Gasteiger partial charge in [-0.05, 0) is 51.3 Å². The van der Waals surface area contributed by atoms with Gasteiger partial charge in [-0.25, -0.2) is 4.98 Å². The molecule has 306 valence electrons. The Hall–Kier alpha value is -5.03. The number of ether oxygens (including phenoxy) is 2. The van der Waals surface area contributed by atoms with Gasteiger partial charge >= 0.3 is 6.18 Å². The molecule has 16 heteroatoms. The maximum absolute atomic E-state index is 14.0. The van der Waals surface area contributed by atoms with E-state index in [-0.39, 0.29) is 39.1 Å². The van der Waals surface area contributed by atoms with Gasteiger partial charge in [-0.15, -0.1) is 0 Å². The summed E-state index contributed by atoms with van der Waals surface area (Å²) in [4.78, 5) is 39.8. The van der Waals surface area contributed by atoms with Crippen LogP contribution in [0.2, 0.25) is 0 Å². The summed E-state index contributed by atoms with van der Waals surface area (Å²) in [5, 5.41) is 27.4. The zero-order valence-corrected chi connectivity index (χ0v) is 32.1. The highest BCUT2D eigenvalue weighted by Crippen LogP contribution is 2.35. The van der Waals surface area contributed by atoms with Gasteiger partial charge in [0.25, 0.3) is 0 Å². The molecule has 4 aromatic rings. The van der Waals surface area contributed by atoms with Crippen LogP contribution in [0.15, 0.2) is 83.7 Å². The van der Waals surface area contributed by atoms with E-state index in [2.05, 4.69) is 15.3 Å². The van der Waals surface area contributed by atoms with Gasteiger partial charge in [0.15, 0.2) is 5.76 Å². The van der Waals surface area contributed by atoms with Gasteiger partial charge in [-0.1, -0.05) is 48.5 Å². The third kappa shape index (κ3) is 10.5. The summed E-state index contributed by atoms with van der Waals surface area (Å²) in [6.45, 7) is 4.98. The summed E-state index contributed by atoms with van der Waals surface area (Å²) < 4.78 is 57.2. The third-order valence-electron chi connectivity index (χ3n) is 10.4. The minimum Gasteiger partial charge on any atom is -0.492 e. The van der Waals surface area contributed by atoms with E-state index in [0.29, 0.717) is 47.4 Å². The summed E-state index contributed by atoms with van der Waals surface area (Å²) in [7, 11) is 0. The Morgan fingerprint density at radius 2 is 1.81 bits per heavy atom. The first-order valence-electron chi connectivity index (χ1n) is 19.0. The van der Waals surface area contributed by atoms with Crippen molar-refractivity contribution in [3.8, 4) is 22.8 Å². The number of oxazole rings is 1. The van der Waals surface area contributed by atoms with Gasteiger partial charge in [0.1, 0.15) is 36.8 Å². The molecule has 2 aromatic carbocycles. The molecule has 0 saturated carbocycles. The smallest absolute Gasteiger partial charge is 0.405 e. The molecular formula is C41H49F3N6O7. The van der Waals surface area contributed by atoms with Gasteiger partial charge in [-0.3, -0.25) is 24.4 Å². The minimum atomic E-state index is -4.63. The summed E-state index contributed by atoms with van der Waals surface area (Å²) in [6.07, 6.45) is -1.77. The number of hydrogen-bond acceptors (Lipinski definition) is 11. The average Bonchev–Trinajstić information content (AvgIpc) is 3.70. The highest BCUT2D eigenvalue weighted by atomic mass is 19.4. The number of carbonyl (C=O) groups excluding carboxylic acids is 2. The molecule has 1 saturated heterocycles. The lowest BCUT2D eigenvalue weighted by Gasteiger charge is -2.46. The molecule has 57 heavy (non-hydrogen) atoms. The van der Waals surface area contributed by atoms with Gasteiger partial charge in [0.05, 0.1) is 36.7 Å². The van der Waals surface area contributed by atoms with Crippen molar-refractivity contribution in [2.45, 2.75) is 69.6 Å². The SMILES string of the molecule is CCOc1cncc(-c2cnc(C(C)(C)N3CCN(C[C@@H](O)C[C@@H](Cc4ccccc4)C(=O)N[C@H]4c5ccccc5OC[C@H]4O)[C@H](C(=O)NCC(F)(F)F)C3)o2)c1. The molecule has 0 bridgehead atoms. The number of piperazine rings is 1. The Balaban J connectivity index is 1.18. The molecule has 13 nitrogen and oxygen atoms in total. The van der Waals surface area contributed by atoms with Gasteiger partial charge in [-0.2, -0.15) is 13.2 Å². The van der Waals surface area contributed by atoms with Crippen molar-refractivity contribution in [2.24, 2.45) is 5.92 Å². The number of nitrogens with one attached hydrogen (secondary N) is 2. The molecule has 4 heterocycles. The lowest BCUT2D eigenvalue weighted by molar-refractivity contribution is -0.144. The monoisotopic (exact) mass is 794 g/mol. The predicted octanol–water partition coefficient (Wildman–Crippen LogP) is 4.26. The normalized spacial score (nSPS) is 20.2. The van der Waals surface area contributed by atoms with Crippen LogP contribution in [0, 0.1) is 5.92 Å². The molecule has 1 fully saturated rings. The van der Waals surface area contributed by atoms with E-state index in [1.807, 2.05) is 61.3 Å². The molecular weight excluding hydrogens is 745 g/mol. The Bertz CT molecular complexity index is 1960. The first kappa shape index (κ1) is 41.6. The van der Waals surface area contributed by atoms with Crippen molar-refractivity contribution in [2.75, 3.05) is 45.9 Å². The molecule has 2 amide bonds. The number of aromatic nitrogens is 2.